The van der Waals surface area contributed by atoms with Crippen LogP contribution in [-0.4, -0.2) is 40.5 Å². The Bertz CT molecular complexity index is 1340. The molecule has 0 atom stereocenters. The van der Waals surface area contributed by atoms with E-state index in [1.807, 2.05) is 44.3 Å². The first-order valence-corrected chi connectivity index (χ1v) is 10.9. The lowest BCUT2D eigenvalue weighted by Crippen LogP contribution is -2.37. The van der Waals surface area contributed by atoms with Crippen molar-refractivity contribution < 1.29 is 9.53 Å². The van der Waals surface area contributed by atoms with Gasteiger partial charge in [0.05, 0.1) is 12.7 Å². The highest BCUT2D eigenvalue weighted by Gasteiger charge is 2.13. The standard InChI is InChI=1S/C25H27N7O2/c1-15-12-16(2)30-25(29-15)32-24(31-23(33)20-6-4-5-7-21(20)26)27-11-10-17-14-28-22-13-18(34-3)8-9-19(17)22/h4-9,12-14,28H,10-11,26H2,1-3H3,(H2,27,29,30,31,32,33). The van der Waals surface area contributed by atoms with Gasteiger partial charge in [-0.3, -0.25) is 20.4 Å². The minimum absolute atomic E-state index is 0.250. The third-order valence-corrected chi connectivity index (χ3v) is 5.28. The van der Waals surface area contributed by atoms with Crippen molar-refractivity contribution in [2.24, 2.45) is 4.99 Å². The van der Waals surface area contributed by atoms with Crippen molar-refractivity contribution in [2.75, 3.05) is 24.7 Å². The summed E-state index contributed by atoms with van der Waals surface area (Å²) in [5.74, 6) is 1.03. The highest BCUT2D eigenvalue weighted by molar-refractivity contribution is 6.11. The number of aromatic amines is 1. The van der Waals surface area contributed by atoms with E-state index in [0.29, 0.717) is 30.2 Å². The number of hydrogen-bond donors (Lipinski definition) is 4. The molecule has 0 aliphatic rings. The van der Waals surface area contributed by atoms with Gasteiger partial charge in [-0.2, -0.15) is 0 Å². The van der Waals surface area contributed by atoms with Gasteiger partial charge in [-0.15, -0.1) is 0 Å². The number of aromatic nitrogens is 3. The first kappa shape index (κ1) is 22.8. The summed E-state index contributed by atoms with van der Waals surface area (Å²) in [6.07, 6.45) is 2.62. The molecule has 0 spiro atoms. The van der Waals surface area contributed by atoms with Crippen LogP contribution in [0.4, 0.5) is 11.6 Å². The number of nitrogens with zero attached hydrogens (tertiary/aromatic N) is 3. The van der Waals surface area contributed by atoms with Crippen LogP contribution in [0.25, 0.3) is 10.9 Å². The van der Waals surface area contributed by atoms with Crippen LogP contribution < -0.4 is 21.1 Å². The molecule has 9 nitrogen and oxygen atoms in total. The van der Waals surface area contributed by atoms with Gasteiger partial charge in [-0.05, 0) is 56.2 Å². The number of amides is 1. The molecule has 1 amide bonds. The third-order valence-electron chi connectivity index (χ3n) is 5.28. The number of guanidine groups is 1. The van der Waals surface area contributed by atoms with Crippen molar-refractivity contribution >= 4 is 34.4 Å². The van der Waals surface area contributed by atoms with Crippen LogP contribution in [0.2, 0.25) is 0 Å². The van der Waals surface area contributed by atoms with Crippen LogP contribution in [-0.2, 0) is 6.42 Å². The molecule has 34 heavy (non-hydrogen) atoms. The fraction of sp³-hybridized carbons (Fsp3) is 0.200. The number of H-pyrrole nitrogens is 1. The third kappa shape index (κ3) is 5.32. The lowest BCUT2D eigenvalue weighted by atomic mass is 10.1. The van der Waals surface area contributed by atoms with Gasteiger partial charge in [0.25, 0.3) is 5.91 Å². The quantitative estimate of drug-likeness (QED) is 0.199. The number of benzene rings is 2. The summed E-state index contributed by atoms with van der Waals surface area (Å²) < 4.78 is 5.29. The van der Waals surface area contributed by atoms with Gasteiger partial charge in [-0.1, -0.05) is 12.1 Å². The largest absolute Gasteiger partial charge is 0.497 e. The van der Waals surface area contributed by atoms with Crippen LogP contribution >= 0.6 is 0 Å². The van der Waals surface area contributed by atoms with E-state index < -0.39 is 0 Å². The molecule has 5 N–H and O–H groups in total. The van der Waals surface area contributed by atoms with Gasteiger partial charge in [0, 0.05) is 46.8 Å². The minimum atomic E-state index is -0.368. The number of anilines is 2. The Morgan fingerprint density at radius 1 is 1.12 bits per heavy atom. The normalized spacial score (nSPS) is 11.4. The van der Waals surface area contributed by atoms with E-state index in [1.54, 1.807) is 31.4 Å². The van der Waals surface area contributed by atoms with Gasteiger partial charge >= 0.3 is 0 Å². The summed E-state index contributed by atoms with van der Waals surface area (Å²) in [5, 5.41) is 6.95. The summed E-state index contributed by atoms with van der Waals surface area (Å²) in [6.45, 7) is 4.19. The number of para-hydroxylation sites is 1. The zero-order chi connectivity index (χ0) is 24.1. The number of fused-ring (bicyclic) bond motifs is 1. The molecule has 0 aliphatic heterocycles. The number of nitrogen functional groups attached to an aromatic ring is 1. The average Bonchev–Trinajstić information content (AvgIpc) is 3.20. The maximum Gasteiger partial charge on any atom is 0.260 e. The molecule has 9 heteroatoms. The number of ether oxygens (including phenoxy) is 1. The van der Waals surface area contributed by atoms with Crippen molar-refractivity contribution in [2.45, 2.75) is 20.3 Å². The van der Waals surface area contributed by atoms with Crippen LogP contribution in [0.5, 0.6) is 5.75 Å². The molecule has 0 unspecified atom stereocenters. The van der Waals surface area contributed by atoms with Crippen LogP contribution in [0.1, 0.15) is 27.3 Å². The van der Waals surface area contributed by atoms with Gasteiger partial charge in [0.15, 0.2) is 0 Å². The molecule has 174 valence electrons. The smallest absolute Gasteiger partial charge is 0.260 e. The summed E-state index contributed by atoms with van der Waals surface area (Å²) in [5.41, 5.74) is 10.4. The molecular weight excluding hydrogens is 430 g/mol. The first-order valence-electron chi connectivity index (χ1n) is 10.9. The monoisotopic (exact) mass is 457 g/mol. The van der Waals surface area contributed by atoms with Gasteiger partial charge < -0.3 is 15.5 Å². The Morgan fingerprint density at radius 2 is 1.88 bits per heavy atom. The van der Waals surface area contributed by atoms with E-state index in [1.165, 1.54) is 0 Å². The molecule has 0 fully saturated rings. The number of aliphatic imine (C=N–C) groups is 1. The lowest BCUT2D eigenvalue weighted by Gasteiger charge is -2.12. The molecule has 2 aromatic heterocycles. The fourth-order valence-electron chi connectivity index (χ4n) is 3.66. The molecule has 0 bridgehead atoms. The summed E-state index contributed by atoms with van der Waals surface area (Å²) in [4.78, 5) is 29.5. The van der Waals surface area contributed by atoms with E-state index >= 15 is 0 Å². The molecule has 2 heterocycles. The first-order chi connectivity index (χ1) is 16.4. The average molecular weight is 458 g/mol. The Morgan fingerprint density at radius 3 is 2.62 bits per heavy atom. The van der Waals surface area contributed by atoms with E-state index in [0.717, 1.165) is 33.6 Å². The summed E-state index contributed by atoms with van der Waals surface area (Å²) in [6, 6.07) is 14.7. The molecular formula is C25H27N7O2. The second kappa shape index (κ2) is 10.0. The summed E-state index contributed by atoms with van der Waals surface area (Å²) in [7, 11) is 1.64. The maximum atomic E-state index is 12.9. The summed E-state index contributed by atoms with van der Waals surface area (Å²) >= 11 is 0. The molecule has 4 aromatic rings. The van der Waals surface area contributed by atoms with Crippen molar-refractivity contribution in [1.82, 2.24) is 20.3 Å². The fourth-order valence-corrected chi connectivity index (χ4v) is 3.66. The Balaban J connectivity index is 1.55. The van der Waals surface area contributed by atoms with Crippen molar-refractivity contribution in [1.29, 1.82) is 0 Å². The van der Waals surface area contributed by atoms with Crippen LogP contribution in [0.15, 0.2) is 59.7 Å². The van der Waals surface area contributed by atoms with Gasteiger partial charge in [-0.25, -0.2) is 9.97 Å². The number of methoxy groups -OCH3 is 1. The van der Waals surface area contributed by atoms with Crippen molar-refractivity contribution in [3.05, 3.63) is 77.2 Å². The highest BCUT2D eigenvalue weighted by atomic mass is 16.5. The molecule has 4 rings (SSSR count). The van der Waals surface area contributed by atoms with Gasteiger partial charge in [0.1, 0.15) is 5.75 Å². The SMILES string of the molecule is COc1ccc2c(CCN=C(NC(=O)c3ccccc3N)Nc3nc(C)cc(C)n3)c[nH]c2c1. The van der Waals surface area contributed by atoms with Crippen LogP contribution in [0, 0.1) is 13.8 Å². The van der Waals surface area contributed by atoms with E-state index in [9.17, 15) is 4.79 Å². The van der Waals surface area contributed by atoms with Crippen molar-refractivity contribution in [3.8, 4) is 5.75 Å². The second-order valence-electron chi connectivity index (χ2n) is 7.85. The van der Waals surface area contributed by atoms with Crippen molar-refractivity contribution in [3.63, 3.8) is 0 Å². The number of hydrogen-bond acceptors (Lipinski definition) is 6. The zero-order valence-electron chi connectivity index (χ0n) is 19.3. The van der Waals surface area contributed by atoms with E-state index in [2.05, 4.69) is 30.6 Å². The molecule has 0 saturated heterocycles. The van der Waals surface area contributed by atoms with E-state index in [-0.39, 0.29) is 11.9 Å². The number of aryl methyl sites for hydroxylation is 2. The topological polar surface area (TPSA) is 130 Å². The Labute approximate surface area is 197 Å². The predicted molar refractivity (Wildman–Crippen MR) is 134 cm³/mol. The number of carbonyl (C=O) groups excluding carboxylic acids is 1. The number of nitrogens with one attached hydrogen (secondary N) is 3. The minimum Gasteiger partial charge on any atom is -0.497 e. The molecule has 0 radical (unpaired) electrons. The predicted octanol–water partition coefficient (Wildman–Crippen LogP) is 3.61. The number of rotatable bonds is 6. The number of nitrogens with two attached hydrogens (primary N) is 1. The number of carbonyl (C=O) groups is 1. The molecule has 0 saturated carbocycles. The Kier molecular flexibility index (Phi) is 6.72. The highest BCUT2D eigenvalue weighted by Crippen LogP contribution is 2.23. The van der Waals surface area contributed by atoms with E-state index in [4.69, 9.17) is 10.5 Å². The van der Waals surface area contributed by atoms with Gasteiger partial charge in [0.2, 0.25) is 11.9 Å². The lowest BCUT2D eigenvalue weighted by molar-refractivity contribution is 0.0978. The van der Waals surface area contributed by atoms with Crippen LogP contribution in [0.3, 0.4) is 0 Å². The molecule has 0 aliphatic carbocycles. The second-order valence-corrected chi connectivity index (χ2v) is 7.85. The maximum absolute atomic E-state index is 12.9. The molecule has 2 aromatic carbocycles. The zero-order valence-corrected chi connectivity index (χ0v) is 19.3. The Hall–Kier alpha value is -4.40.